The van der Waals surface area contributed by atoms with Gasteiger partial charge in [0.05, 0.1) is 32.0 Å². The van der Waals surface area contributed by atoms with Crippen LogP contribution < -0.4 is 5.32 Å². The number of amides is 1. The molecule has 0 aromatic carbocycles. The van der Waals surface area contributed by atoms with Crippen molar-refractivity contribution in [2.75, 3.05) is 19.8 Å². The summed E-state index contributed by atoms with van der Waals surface area (Å²) in [6, 6.07) is -0.931. The van der Waals surface area contributed by atoms with Gasteiger partial charge in [-0.1, -0.05) is 198 Å². The number of unbranched alkanes of at least 4 members (excludes halogenated alkanes) is 28. The zero-order valence-electron chi connectivity index (χ0n) is 44.5. The lowest BCUT2D eigenvalue weighted by Crippen LogP contribution is -2.65. The van der Waals surface area contributed by atoms with Gasteiger partial charge in [0.1, 0.15) is 48.8 Å². The van der Waals surface area contributed by atoms with Gasteiger partial charge in [-0.15, -0.1) is 0 Å². The molecule has 416 valence electrons. The van der Waals surface area contributed by atoms with Gasteiger partial charge >= 0.3 is 0 Å². The molecule has 9 N–H and O–H groups in total. The van der Waals surface area contributed by atoms with Gasteiger partial charge in [0.15, 0.2) is 12.6 Å². The molecule has 14 heteroatoms. The van der Waals surface area contributed by atoms with E-state index in [0.29, 0.717) is 12.8 Å². The molecule has 2 aliphatic rings. The summed E-state index contributed by atoms with van der Waals surface area (Å²) in [5.74, 6) is -0.251. The Labute approximate surface area is 430 Å². The van der Waals surface area contributed by atoms with Crippen LogP contribution in [0.1, 0.15) is 226 Å². The van der Waals surface area contributed by atoms with E-state index in [1.165, 1.54) is 161 Å². The smallest absolute Gasteiger partial charge is 0.220 e. The van der Waals surface area contributed by atoms with Gasteiger partial charge in [0.25, 0.3) is 0 Å². The van der Waals surface area contributed by atoms with Crippen LogP contribution in [0.15, 0.2) is 36.5 Å². The molecule has 0 saturated carbocycles. The number of allylic oxidation sites excluding steroid dienone is 5. The Kier molecular flexibility index (Phi) is 40.0. The fourth-order valence-corrected chi connectivity index (χ4v) is 9.36. The average molecular weight is 1010 g/mol. The van der Waals surface area contributed by atoms with E-state index >= 15 is 0 Å². The molecular weight excluding hydrogens is 907 g/mol. The van der Waals surface area contributed by atoms with Gasteiger partial charge in [0, 0.05) is 6.42 Å². The van der Waals surface area contributed by atoms with Crippen LogP contribution >= 0.6 is 0 Å². The van der Waals surface area contributed by atoms with E-state index in [1.54, 1.807) is 6.08 Å². The molecule has 12 atom stereocenters. The molecule has 14 nitrogen and oxygen atoms in total. The molecule has 2 saturated heterocycles. The lowest BCUT2D eigenvalue weighted by Gasteiger charge is -2.46. The number of rotatable bonds is 45. The molecule has 0 aromatic heterocycles. The molecule has 2 heterocycles. The number of carbonyl (C=O) groups is 1. The molecule has 2 rings (SSSR count). The van der Waals surface area contributed by atoms with Crippen LogP contribution in [0.5, 0.6) is 0 Å². The van der Waals surface area contributed by atoms with E-state index in [0.717, 1.165) is 32.1 Å². The van der Waals surface area contributed by atoms with Crippen LogP contribution in [0.25, 0.3) is 0 Å². The van der Waals surface area contributed by atoms with Crippen molar-refractivity contribution < 1.29 is 64.6 Å². The summed E-state index contributed by atoms with van der Waals surface area (Å²) in [4.78, 5) is 13.2. The average Bonchev–Trinajstić information content (AvgIpc) is 3.37. The number of carbonyl (C=O) groups excluding carboxylic acids is 1. The first-order chi connectivity index (χ1) is 34.6. The Bertz CT molecular complexity index is 1330. The largest absolute Gasteiger partial charge is 0.394 e. The maximum Gasteiger partial charge on any atom is 0.220 e. The fourth-order valence-electron chi connectivity index (χ4n) is 9.36. The number of nitrogens with one attached hydrogen (secondary N) is 1. The third kappa shape index (κ3) is 29.8. The highest BCUT2D eigenvalue weighted by Gasteiger charge is 2.51. The molecule has 0 radical (unpaired) electrons. The zero-order chi connectivity index (χ0) is 51.7. The highest BCUT2D eigenvalue weighted by atomic mass is 16.7. The van der Waals surface area contributed by atoms with E-state index < -0.39 is 86.8 Å². The van der Waals surface area contributed by atoms with E-state index in [2.05, 4.69) is 43.5 Å². The first-order valence-corrected chi connectivity index (χ1v) is 28.7. The second-order valence-electron chi connectivity index (χ2n) is 20.4. The zero-order valence-corrected chi connectivity index (χ0v) is 44.5. The Morgan fingerprint density at radius 3 is 1.38 bits per heavy atom. The van der Waals surface area contributed by atoms with Crippen molar-refractivity contribution in [2.45, 2.75) is 299 Å². The normalized spacial score (nSPS) is 26.0. The third-order valence-corrected chi connectivity index (χ3v) is 14.0. The first-order valence-electron chi connectivity index (χ1n) is 28.7. The summed E-state index contributed by atoms with van der Waals surface area (Å²) < 4.78 is 22.7. The summed E-state index contributed by atoms with van der Waals surface area (Å²) in [5.41, 5.74) is 0. The van der Waals surface area contributed by atoms with Gasteiger partial charge < -0.3 is 65.1 Å². The van der Waals surface area contributed by atoms with Crippen molar-refractivity contribution in [3.05, 3.63) is 36.5 Å². The van der Waals surface area contributed by atoms with Crippen LogP contribution in [0.2, 0.25) is 0 Å². The molecule has 71 heavy (non-hydrogen) atoms. The number of hydrogen-bond acceptors (Lipinski definition) is 13. The predicted molar refractivity (Wildman–Crippen MR) is 281 cm³/mol. The van der Waals surface area contributed by atoms with Crippen molar-refractivity contribution >= 4 is 5.91 Å². The highest BCUT2D eigenvalue weighted by molar-refractivity contribution is 5.76. The SMILES string of the molecule is CCCCCCCCCC/C=C\CCCCCCCCCCCC(=O)NC(COC1OC(CO)C(OC2OC(CO)C(O)C(O)C2O)C(O)C1O)C(O)/C=C/CC/C=C/CCCCCCCCCCCC. The number of aliphatic hydroxyl groups is 8. The van der Waals surface area contributed by atoms with Crippen molar-refractivity contribution in [2.24, 2.45) is 0 Å². The highest BCUT2D eigenvalue weighted by Crippen LogP contribution is 2.30. The first kappa shape index (κ1) is 65.3. The second-order valence-corrected chi connectivity index (χ2v) is 20.4. The second kappa shape index (κ2) is 43.4. The standard InChI is InChI=1S/C57H105NO13/c1-3-5-7-9-11-13-15-17-19-21-22-23-24-25-27-29-31-33-35-37-39-41-49(62)58-45(46(61)40-38-36-34-32-30-28-26-20-18-16-14-12-10-8-6-4-2)44-68-56-54(67)52(65)55(48(43-60)70-56)71-57-53(66)51(64)50(63)47(42-59)69-57/h21-22,30,32,38,40,45-48,50-57,59-61,63-67H,3-20,23-29,31,33-37,39,41-44H2,1-2H3,(H,58,62)/b22-21-,32-30+,40-38+. The Morgan fingerprint density at radius 1 is 0.493 bits per heavy atom. The summed E-state index contributed by atoms with van der Waals surface area (Å²) in [5, 5.41) is 86.9. The van der Waals surface area contributed by atoms with E-state index in [4.69, 9.17) is 18.9 Å². The summed E-state index contributed by atoms with van der Waals surface area (Å²) in [6.45, 7) is 2.78. The van der Waals surface area contributed by atoms with Crippen molar-refractivity contribution in [1.82, 2.24) is 5.32 Å². The number of aliphatic hydroxyl groups excluding tert-OH is 8. The maximum absolute atomic E-state index is 13.2. The topological polar surface area (TPSA) is 228 Å². The molecule has 0 aromatic rings. The summed E-state index contributed by atoms with van der Waals surface area (Å²) in [6.07, 6.45) is 34.7. The Morgan fingerprint density at radius 2 is 0.901 bits per heavy atom. The minimum atomic E-state index is -1.79. The van der Waals surface area contributed by atoms with E-state index in [1.807, 2.05) is 6.08 Å². The van der Waals surface area contributed by atoms with Gasteiger partial charge in [0.2, 0.25) is 5.91 Å². The molecule has 12 unspecified atom stereocenters. The molecule has 2 fully saturated rings. The Balaban J connectivity index is 1.80. The summed E-state index contributed by atoms with van der Waals surface area (Å²) >= 11 is 0. The van der Waals surface area contributed by atoms with Crippen molar-refractivity contribution in [1.29, 1.82) is 0 Å². The van der Waals surface area contributed by atoms with Gasteiger partial charge in [-0.05, 0) is 57.8 Å². The molecule has 0 spiro atoms. The Hall–Kier alpha value is -1.79. The van der Waals surface area contributed by atoms with Crippen LogP contribution in [0.3, 0.4) is 0 Å². The lowest BCUT2D eigenvalue weighted by molar-refractivity contribution is -0.359. The van der Waals surface area contributed by atoms with Crippen LogP contribution in [0, 0.1) is 0 Å². The maximum atomic E-state index is 13.2. The minimum absolute atomic E-state index is 0.251. The molecule has 0 bridgehead atoms. The quantitative estimate of drug-likeness (QED) is 0.0205. The lowest BCUT2D eigenvalue weighted by atomic mass is 9.97. The predicted octanol–water partition coefficient (Wildman–Crippen LogP) is 9.05. The molecule has 2 aliphatic heterocycles. The third-order valence-electron chi connectivity index (χ3n) is 14.0. The summed E-state index contributed by atoms with van der Waals surface area (Å²) in [7, 11) is 0. The van der Waals surface area contributed by atoms with E-state index in [-0.39, 0.29) is 18.9 Å². The molecule has 1 amide bonds. The van der Waals surface area contributed by atoms with Crippen LogP contribution in [-0.2, 0) is 23.7 Å². The molecule has 0 aliphatic carbocycles. The van der Waals surface area contributed by atoms with Crippen molar-refractivity contribution in [3.8, 4) is 0 Å². The minimum Gasteiger partial charge on any atom is -0.394 e. The van der Waals surface area contributed by atoms with Gasteiger partial charge in [-0.3, -0.25) is 4.79 Å². The van der Waals surface area contributed by atoms with E-state index in [9.17, 15) is 45.6 Å². The monoisotopic (exact) mass is 1010 g/mol. The number of hydrogen-bond donors (Lipinski definition) is 9. The molecular formula is C57H105NO13. The van der Waals surface area contributed by atoms with Crippen molar-refractivity contribution in [3.63, 3.8) is 0 Å². The van der Waals surface area contributed by atoms with Gasteiger partial charge in [-0.2, -0.15) is 0 Å². The van der Waals surface area contributed by atoms with Gasteiger partial charge in [-0.25, -0.2) is 0 Å². The van der Waals surface area contributed by atoms with Crippen LogP contribution in [0.4, 0.5) is 0 Å². The number of ether oxygens (including phenoxy) is 4. The van der Waals surface area contributed by atoms with Crippen LogP contribution in [-0.4, -0.2) is 140 Å². The fraction of sp³-hybridized carbons (Fsp3) is 0.877.